The molecule has 1 aliphatic carbocycles. The van der Waals surface area contributed by atoms with Crippen LogP contribution < -0.4 is 15.4 Å². The van der Waals surface area contributed by atoms with Gasteiger partial charge in [0, 0.05) is 10.6 Å². The molecule has 0 saturated carbocycles. The summed E-state index contributed by atoms with van der Waals surface area (Å²) in [5.41, 5.74) is 2.81. The third-order valence-corrected chi connectivity index (χ3v) is 7.99. The lowest BCUT2D eigenvalue weighted by molar-refractivity contribution is 0.102. The Kier molecular flexibility index (Phi) is 7.53. The van der Waals surface area contributed by atoms with Gasteiger partial charge in [0.25, 0.3) is 11.8 Å². The van der Waals surface area contributed by atoms with Gasteiger partial charge in [-0.05, 0) is 79.5 Å². The van der Waals surface area contributed by atoms with E-state index in [1.54, 1.807) is 24.3 Å². The van der Waals surface area contributed by atoms with Crippen molar-refractivity contribution >= 4 is 45.4 Å². The average Bonchev–Trinajstić information content (AvgIpc) is 3.17. The first kappa shape index (κ1) is 25.3. The van der Waals surface area contributed by atoms with Crippen LogP contribution in [0.3, 0.4) is 0 Å². The van der Waals surface area contributed by atoms with Crippen LogP contribution in [-0.2, 0) is 12.8 Å². The first-order valence-electron chi connectivity index (χ1n) is 11.9. The highest BCUT2D eigenvalue weighted by Gasteiger charge is 2.34. The molecule has 1 aromatic heterocycles. The Balaban J connectivity index is 1.66. The summed E-state index contributed by atoms with van der Waals surface area (Å²) in [4.78, 5) is 27.8. The molecule has 5 nitrogen and oxygen atoms in total. The summed E-state index contributed by atoms with van der Waals surface area (Å²) in [5.74, 6) is 0.717. The minimum absolute atomic E-state index is 0.174. The quantitative estimate of drug-likeness (QED) is 0.361. The van der Waals surface area contributed by atoms with Gasteiger partial charge in [0.15, 0.2) is 0 Å². The highest BCUT2D eigenvalue weighted by Crippen LogP contribution is 2.44. The molecule has 1 heterocycles. The van der Waals surface area contributed by atoms with Crippen LogP contribution in [-0.4, -0.2) is 18.4 Å². The second-order valence-electron chi connectivity index (χ2n) is 9.86. The molecule has 7 heteroatoms. The molecule has 0 fully saturated rings. The Bertz CT molecular complexity index is 1230. The number of carbonyl (C=O) groups excluding carboxylic acids is 2. The molecule has 0 bridgehead atoms. The number of carbonyl (C=O) groups is 2. The molecule has 2 amide bonds. The topological polar surface area (TPSA) is 67.4 Å². The van der Waals surface area contributed by atoms with E-state index in [0.717, 1.165) is 30.6 Å². The van der Waals surface area contributed by atoms with Crippen molar-refractivity contribution < 1.29 is 14.3 Å². The van der Waals surface area contributed by atoms with E-state index >= 15 is 0 Å². The van der Waals surface area contributed by atoms with Gasteiger partial charge >= 0.3 is 0 Å². The molecule has 1 atom stereocenters. The van der Waals surface area contributed by atoms with Crippen LogP contribution in [0, 0.1) is 11.3 Å². The molecule has 1 unspecified atom stereocenters. The number of halogens is 1. The monoisotopic (exact) mass is 510 g/mol. The minimum Gasteiger partial charge on any atom is -0.494 e. The summed E-state index contributed by atoms with van der Waals surface area (Å²) in [6, 6.07) is 14.2. The Morgan fingerprint density at radius 1 is 1.06 bits per heavy atom. The van der Waals surface area contributed by atoms with E-state index < -0.39 is 0 Å². The highest BCUT2D eigenvalue weighted by molar-refractivity contribution is 7.17. The van der Waals surface area contributed by atoms with Gasteiger partial charge in [0.2, 0.25) is 0 Å². The average molecular weight is 511 g/mol. The van der Waals surface area contributed by atoms with E-state index in [-0.39, 0.29) is 17.2 Å². The first-order chi connectivity index (χ1) is 16.7. The van der Waals surface area contributed by atoms with Crippen LogP contribution in [0.25, 0.3) is 0 Å². The van der Waals surface area contributed by atoms with Gasteiger partial charge in [-0.15, -0.1) is 11.3 Å². The van der Waals surface area contributed by atoms with E-state index in [1.165, 1.54) is 16.2 Å². The summed E-state index contributed by atoms with van der Waals surface area (Å²) in [6.45, 7) is 9.29. The number of anilines is 2. The van der Waals surface area contributed by atoms with Crippen molar-refractivity contribution in [1.82, 2.24) is 0 Å². The largest absolute Gasteiger partial charge is 0.494 e. The molecule has 0 radical (unpaired) electrons. The van der Waals surface area contributed by atoms with Crippen LogP contribution >= 0.6 is 22.9 Å². The summed E-state index contributed by atoms with van der Waals surface area (Å²) >= 11 is 7.76. The fraction of sp³-hybridized carbons (Fsp3) is 0.357. The number of rotatable bonds is 6. The molecule has 2 aromatic carbocycles. The summed E-state index contributed by atoms with van der Waals surface area (Å²) in [7, 11) is 0. The van der Waals surface area contributed by atoms with Crippen LogP contribution in [0.15, 0.2) is 48.5 Å². The number of amides is 2. The summed E-state index contributed by atoms with van der Waals surface area (Å²) < 4.78 is 5.50. The number of hydrogen-bond acceptors (Lipinski definition) is 4. The zero-order valence-corrected chi connectivity index (χ0v) is 22.1. The lowest BCUT2D eigenvalue weighted by Gasteiger charge is -2.33. The fourth-order valence-corrected chi connectivity index (χ4v) is 6.01. The molecular weight excluding hydrogens is 480 g/mol. The number of ether oxygens (including phenoxy) is 1. The van der Waals surface area contributed by atoms with Crippen molar-refractivity contribution in [1.29, 1.82) is 0 Å². The number of thiophene rings is 1. The van der Waals surface area contributed by atoms with Gasteiger partial charge in [-0.25, -0.2) is 0 Å². The molecule has 1 aliphatic rings. The smallest absolute Gasteiger partial charge is 0.258 e. The molecule has 0 spiro atoms. The molecule has 35 heavy (non-hydrogen) atoms. The standard InChI is InChI=1S/C28H31ClN2O3S/c1-5-34-19-13-11-18(12-14-19)30-26(33)24-21-15-10-17(28(2,3)4)16-23(21)35-27(24)31-25(32)20-8-6-7-9-22(20)29/h6-9,11-14,17H,5,10,15-16H2,1-4H3,(H,30,33)(H,31,32). The molecule has 184 valence electrons. The summed E-state index contributed by atoms with van der Waals surface area (Å²) in [6.07, 6.45) is 2.71. The van der Waals surface area contributed by atoms with Crippen molar-refractivity contribution in [3.63, 3.8) is 0 Å². The Labute approximate surface area is 215 Å². The lowest BCUT2D eigenvalue weighted by atomic mass is 9.72. The first-order valence-corrected chi connectivity index (χ1v) is 13.1. The van der Waals surface area contributed by atoms with Gasteiger partial charge in [-0.1, -0.05) is 44.5 Å². The molecular formula is C28H31ClN2O3S. The van der Waals surface area contributed by atoms with Crippen LogP contribution in [0.1, 0.15) is 65.3 Å². The Morgan fingerprint density at radius 2 is 1.77 bits per heavy atom. The van der Waals surface area contributed by atoms with Gasteiger partial charge in [0.05, 0.1) is 22.8 Å². The Morgan fingerprint density at radius 3 is 2.43 bits per heavy atom. The molecule has 3 aromatic rings. The Hall–Kier alpha value is -2.83. The van der Waals surface area contributed by atoms with Crippen LogP contribution in [0.4, 0.5) is 10.7 Å². The maximum atomic E-state index is 13.5. The van der Waals surface area contributed by atoms with Crippen molar-refractivity contribution in [2.45, 2.75) is 47.0 Å². The normalized spacial score (nSPS) is 15.3. The zero-order chi connectivity index (χ0) is 25.2. The molecule has 4 rings (SSSR count). The number of hydrogen-bond donors (Lipinski definition) is 2. The third kappa shape index (κ3) is 5.71. The van der Waals surface area contributed by atoms with E-state index in [4.69, 9.17) is 16.3 Å². The zero-order valence-electron chi connectivity index (χ0n) is 20.5. The van der Waals surface area contributed by atoms with Gasteiger partial charge in [-0.2, -0.15) is 0 Å². The van der Waals surface area contributed by atoms with Crippen molar-refractivity contribution in [3.05, 3.63) is 75.1 Å². The molecule has 0 aliphatic heterocycles. The number of nitrogens with one attached hydrogen (secondary N) is 2. The van der Waals surface area contributed by atoms with Gasteiger partial charge in [-0.3, -0.25) is 9.59 Å². The van der Waals surface area contributed by atoms with Crippen molar-refractivity contribution in [3.8, 4) is 5.75 Å². The van der Waals surface area contributed by atoms with E-state index in [1.807, 2.05) is 31.2 Å². The summed E-state index contributed by atoms with van der Waals surface area (Å²) in [5, 5.41) is 6.93. The van der Waals surface area contributed by atoms with Gasteiger partial charge < -0.3 is 15.4 Å². The SMILES string of the molecule is CCOc1ccc(NC(=O)c2c(NC(=O)c3ccccc3Cl)sc3c2CCC(C(C)(C)C)C3)cc1. The van der Waals surface area contributed by atoms with E-state index in [2.05, 4.69) is 31.4 Å². The fourth-order valence-electron chi connectivity index (χ4n) is 4.46. The second-order valence-corrected chi connectivity index (χ2v) is 11.4. The van der Waals surface area contributed by atoms with Gasteiger partial charge in [0.1, 0.15) is 10.8 Å². The number of benzene rings is 2. The molecule has 0 saturated heterocycles. The molecule has 2 N–H and O–H groups in total. The second kappa shape index (κ2) is 10.4. The number of fused-ring (bicyclic) bond motifs is 1. The van der Waals surface area contributed by atoms with Crippen molar-refractivity contribution in [2.75, 3.05) is 17.2 Å². The van der Waals surface area contributed by atoms with E-state index in [0.29, 0.717) is 39.4 Å². The lowest BCUT2D eigenvalue weighted by Crippen LogP contribution is -2.27. The predicted octanol–water partition coefficient (Wildman–Crippen LogP) is 7.46. The highest BCUT2D eigenvalue weighted by atomic mass is 35.5. The van der Waals surface area contributed by atoms with E-state index in [9.17, 15) is 9.59 Å². The van der Waals surface area contributed by atoms with Crippen molar-refractivity contribution in [2.24, 2.45) is 11.3 Å². The maximum Gasteiger partial charge on any atom is 0.258 e. The predicted molar refractivity (Wildman–Crippen MR) is 144 cm³/mol. The minimum atomic E-state index is -0.323. The maximum absolute atomic E-state index is 13.5. The third-order valence-electron chi connectivity index (χ3n) is 6.49. The van der Waals surface area contributed by atoms with Crippen LogP contribution in [0.5, 0.6) is 5.75 Å². The van der Waals surface area contributed by atoms with Crippen LogP contribution in [0.2, 0.25) is 5.02 Å².